The van der Waals surface area contributed by atoms with Gasteiger partial charge < -0.3 is 10.4 Å². The van der Waals surface area contributed by atoms with E-state index in [0.29, 0.717) is 21.7 Å². The molecule has 1 saturated heterocycles. The molecular weight excluding hydrogens is 250 g/mol. The number of aromatic carboxylic acids is 1. The highest BCUT2D eigenvalue weighted by Gasteiger charge is 2.23. The number of hydrogen-bond donors (Lipinski definition) is 2. The van der Waals surface area contributed by atoms with Gasteiger partial charge in [-0.15, -0.1) is 0 Å². The van der Waals surface area contributed by atoms with Gasteiger partial charge in [0.05, 0.1) is 5.69 Å². The minimum absolute atomic E-state index is 0.330. The third-order valence-electron chi connectivity index (χ3n) is 3.39. The number of rotatable bonds is 5. The fraction of sp³-hybridized carbons (Fsp3) is 0.667. The molecule has 0 bridgehead atoms. The Morgan fingerprint density at radius 1 is 1.67 bits per heavy atom. The molecule has 2 N–H and O–H groups in total. The van der Waals surface area contributed by atoms with Gasteiger partial charge in [-0.05, 0) is 32.9 Å². The van der Waals surface area contributed by atoms with Gasteiger partial charge in [0.15, 0.2) is 5.13 Å². The van der Waals surface area contributed by atoms with Crippen molar-refractivity contribution in [3.05, 3.63) is 10.6 Å². The summed E-state index contributed by atoms with van der Waals surface area (Å²) in [7, 11) is 0. The average molecular weight is 269 g/mol. The molecule has 1 aliphatic rings. The van der Waals surface area contributed by atoms with Crippen LogP contribution in [0, 0.1) is 6.92 Å². The van der Waals surface area contributed by atoms with Crippen molar-refractivity contribution in [2.75, 3.05) is 25.0 Å². The van der Waals surface area contributed by atoms with E-state index in [4.69, 9.17) is 5.11 Å². The summed E-state index contributed by atoms with van der Waals surface area (Å²) in [5, 5.41) is 13.0. The van der Waals surface area contributed by atoms with Gasteiger partial charge in [-0.1, -0.05) is 18.3 Å². The minimum atomic E-state index is -0.894. The lowest BCUT2D eigenvalue weighted by atomic mass is 10.2. The molecule has 1 unspecified atom stereocenters. The Morgan fingerprint density at radius 3 is 3.06 bits per heavy atom. The van der Waals surface area contributed by atoms with E-state index in [1.807, 2.05) is 0 Å². The molecule has 1 aromatic heterocycles. The maximum atomic E-state index is 10.9. The van der Waals surface area contributed by atoms with Crippen LogP contribution in [0.4, 0.5) is 5.13 Å². The predicted molar refractivity (Wildman–Crippen MR) is 72.6 cm³/mol. The number of thiazole rings is 1. The van der Waals surface area contributed by atoms with Crippen molar-refractivity contribution >= 4 is 22.4 Å². The molecular formula is C12H19N3O2S. The van der Waals surface area contributed by atoms with Crippen LogP contribution in [0.15, 0.2) is 0 Å². The number of carboxylic acids is 1. The molecule has 2 rings (SSSR count). The van der Waals surface area contributed by atoms with Crippen molar-refractivity contribution < 1.29 is 9.90 Å². The number of hydrogen-bond acceptors (Lipinski definition) is 5. The first-order valence-corrected chi connectivity index (χ1v) is 7.12. The standard InChI is InChI=1S/C12H19N3O2S/c1-3-15-6-4-5-9(15)7-13-12-14-8(2)10(18-12)11(16)17/h9H,3-7H2,1-2H3,(H,13,14)(H,16,17). The van der Waals surface area contributed by atoms with E-state index < -0.39 is 5.97 Å². The van der Waals surface area contributed by atoms with Crippen molar-refractivity contribution in [1.29, 1.82) is 0 Å². The van der Waals surface area contributed by atoms with Crippen LogP contribution in [0.1, 0.15) is 35.1 Å². The Kier molecular flexibility index (Phi) is 4.19. The van der Waals surface area contributed by atoms with E-state index in [1.165, 1.54) is 30.7 Å². The molecule has 0 saturated carbocycles. The highest BCUT2D eigenvalue weighted by atomic mass is 32.1. The summed E-state index contributed by atoms with van der Waals surface area (Å²) < 4.78 is 0. The summed E-state index contributed by atoms with van der Waals surface area (Å²) in [6.45, 7) is 7.00. The second-order valence-electron chi connectivity index (χ2n) is 4.54. The summed E-state index contributed by atoms with van der Waals surface area (Å²) in [6, 6.07) is 0.549. The topological polar surface area (TPSA) is 65.5 Å². The summed E-state index contributed by atoms with van der Waals surface area (Å²) in [4.78, 5) is 18.0. The Labute approximate surface area is 111 Å². The quantitative estimate of drug-likeness (QED) is 0.856. The van der Waals surface area contributed by atoms with Crippen molar-refractivity contribution in [2.45, 2.75) is 32.7 Å². The molecule has 0 aliphatic carbocycles. The summed E-state index contributed by atoms with van der Waals surface area (Å²) in [5.74, 6) is -0.894. The lowest BCUT2D eigenvalue weighted by molar-refractivity contribution is 0.0701. The zero-order valence-corrected chi connectivity index (χ0v) is 11.6. The van der Waals surface area contributed by atoms with Crippen LogP contribution in [0.3, 0.4) is 0 Å². The van der Waals surface area contributed by atoms with Crippen LogP contribution in [-0.4, -0.2) is 46.6 Å². The third-order valence-corrected chi connectivity index (χ3v) is 4.49. The van der Waals surface area contributed by atoms with Crippen molar-refractivity contribution in [1.82, 2.24) is 9.88 Å². The van der Waals surface area contributed by atoms with Gasteiger partial charge in [-0.3, -0.25) is 4.90 Å². The fourth-order valence-electron chi connectivity index (χ4n) is 2.42. The van der Waals surface area contributed by atoms with Gasteiger partial charge in [0.2, 0.25) is 0 Å². The summed E-state index contributed by atoms with van der Waals surface area (Å²) in [5.41, 5.74) is 0.591. The molecule has 18 heavy (non-hydrogen) atoms. The molecule has 1 atom stereocenters. The number of nitrogens with one attached hydrogen (secondary N) is 1. The molecule has 1 aliphatic heterocycles. The Bertz CT molecular complexity index is 433. The van der Waals surface area contributed by atoms with E-state index in [-0.39, 0.29) is 0 Å². The van der Waals surface area contributed by atoms with Crippen LogP contribution in [0.2, 0.25) is 0 Å². The number of likely N-dealkylation sites (N-methyl/N-ethyl adjacent to an activating group) is 1. The van der Waals surface area contributed by atoms with Crippen LogP contribution in [0.5, 0.6) is 0 Å². The van der Waals surface area contributed by atoms with Crippen LogP contribution >= 0.6 is 11.3 Å². The van der Waals surface area contributed by atoms with Crippen molar-refractivity contribution in [3.8, 4) is 0 Å². The summed E-state index contributed by atoms with van der Waals surface area (Å²) >= 11 is 1.22. The zero-order valence-electron chi connectivity index (χ0n) is 10.8. The number of aromatic nitrogens is 1. The number of carboxylic acid groups (broad SMARTS) is 1. The van der Waals surface area contributed by atoms with Gasteiger partial charge in [-0.25, -0.2) is 9.78 Å². The monoisotopic (exact) mass is 269 g/mol. The normalized spacial score (nSPS) is 20.2. The molecule has 5 nitrogen and oxygen atoms in total. The first-order valence-electron chi connectivity index (χ1n) is 6.30. The maximum absolute atomic E-state index is 10.9. The largest absolute Gasteiger partial charge is 0.477 e. The fourth-order valence-corrected chi connectivity index (χ4v) is 3.23. The maximum Gasteiger partial charge on any atom is 0.347 e. The second-order valence-corrected chi connectivity index (χ2v) is 5.54. The summed E-state index contributed by atoms with van der Waals surface area (Å²) in [6.07, 6.45) is 2.45. The molecule has 2 heterocycles. The zero-order chi connectivity index (χ0) is 13.1. The van der Waals surface area contributed by atoms with Gasteiger partial charge in [0.1, 0.15) is 4.88 Å². The van der Waals surface area contributed by atoms with Crippen molar-refractivity contribution in [3.63, 3.8) is 0 Å². The smallest absolute Gasteiger partial charge is 0.347 e. The van der Waals surface area contributed by atoms with E-state index >= 15 is 0 Å². The molecule has 0 spiro atoms. The van der Waals surface area contributed by atoms with Gasteiger partial charge in [0.25, 0.3) is 0 Å². The minimum Gasteiger partial charge on any atom is -0.477 e. The predicted octanol–water partition coefficient (Wildman–Crippen LogP) is 2.05. The number of aryl methyl sites for hydroxylation is 1. The SMILES string of the molecule is CCN1CCCC1CNc1nc(C)c(C(=O)O)s1. The van der Waals surface area contributed by atoms with Crippen molar-refractivity contribution in [2.24, 2.45) is 0 Å². The van der Waals surface area contributed by atoms with E-state index in [0.717, 1.165) is 13.1 Å². The number of anilines is 1. The Hall–Kier alpha value is -1.14. The number of carbonyl (C=O) groups is 1. The van der Waals surface area contributed by atoms with E-state index in [1.54, 1.807) is 6.92 Å². The number of likely N-dealkylation sites (tertiary alicyclic amines) is 1. The first kappa shape index (κ1) is 13.3. The third kappa shape index (κ3) is 2.81. The molecule has 0 radical (unpaired) electrons. The molecule has 6 heteroatoms. The Morgan fingerprint density at radius 2 is 2.44 bits per heavy atom. The lowest BCUT2D eigenvalue weighted by Crippen LogP contribution is -2.34. The number of nitrogens with zero attached hydrogens (tertiary/aromatic N) is 2. The van der Waals surface area contributed by atoms with Crippen LogP contribution in [0.25, 0.3) is 0 Å². The molecule has 1 fully saturated rings. The van der Waals surface area contributed by atoms with Crippen LogP contribution in [-0.2, 0) is 0 Å². The highest BCUT2D eigenvalue weighted by Crippen LogP contribution is 2.23. The average Bonchev–Trinajstić information content (AvgIpc) is 2.92. The molecule has 100 valence electrons. The van der Waals surface area contributed by atoms with Crippen LogP contribution < -0.4 is 5.32 Å². The first-order chi connectivity index (χ1) is 8.61. The van der Waals surface area contributed by atoms with Gasteiger partial charge in [0, 0.05) is 12.6 Å². The van der Waals surface area contributed by atoms with E-state index in [9.17, 15) is 4.79 Å². The molecule has 1 aromatic rings. The Balaban J connectivity index is 1.94. The molecule has 0 aromatic carbocycles. The highest BCUT2D eigenvalue weighted by molar-refractivity contribution is 7.17. The van der Waals surface area contributed by atoms with Gasteiger partial charge in [-0.2, -0.15) is 0 Å². The molecule has 0 amide bonds. The lowest BCUT2D eigenvalue weighted by Gasteiger charge is -2.22. The second kappa shape index (κ2) is 5.67. The van der Waals surface area contributed by atoms with Gasteiger partial charge >= 0.3 is 5.97 Å². The van der Waals surface area contributed by atoms with E-state index in [2.05, 4.69) is 22.1 Å².